The van der Waals surface area contributed by atoms with Crippen molar-refractivity contribution in [2.45, 2.75) is 12.8 Å². The minimum absolute atomic E-state index is 0.0254. The van der Waals surface area contributed by atoms with Crippen LogP contribution >= 0.6 is 0 Å². The monoisotopic (exact) mass is 618 g/mol. The number of rotatable bonds is 10. The van der Waals surface area contributed by atoms with Gasteiger partial charge >= 0.3 is 5.97 Å². The van der Waals surface area contributed by atoms with E-state index in [1.807, 2.05) is 78.9 Å². The molecule has 0 heterocycles. The van der Waals surface area contributed by atoms with Gasteiger partial charge in [0, 0.05) is 40.6 Å². The van der Waals surface area contributed by atoms with Crippen LogP contribution in [0, 0.1) is 0 Å². The fourth-order valence-electron chi connectivity index (χ4n) is 6.69. The molecule has 0 bridgehead atoms. The molecule has 0 aliphatic rings. The van der Waals surface area contributed by atoms with Crippen molar-refractivity contribution < 1.29 is 24.3 Å². The SMILES string of the molecule is O=Cc1ccc2c3ccc(C(=O)NCCc4ccccc4)c4c(C(=O)O)ccc(c5ccc(C(=O)NCCc6ccccc6)c1c52)c43. The predicted octanol–water partition coefficient (Wildman–Crippen LogP) is 7.19. The van der Waals surface area contributed by atoms with Gasteiger partial charge in [-0.25, -0.2) is 4.79 Å². The van der Waals surface area contributed by atoms with Crippen molar-refractivity contribution in [2.24, 2.45) is 0 Å². The Morgan fingerprint density at radius 3 is 1.40 bits per heavy atom. The van der Waals surface area contributed by atoms with Gasteiger partial charge in [0.2, 0.25) is 0 Å². The Bertz CT molecular complexity index is 2310. The molecular formula is C40H30N2O5. The quantitative estimate of drug-likeness (QED) is 0.0853. The van der Waals surface area contributed by atoms with E-state index < -0.39 is 5.97 Å². The van der Waals surface area contributed by atoms with E-state index >= 15 is 0 Å². The van der Waals surface area contributed by atoms with Gasteiger partial charge < -0.3 is 15.7 Å². The van der Waals surface area contributed by atoms with Crippen LogP contribution in [0.5, 0.6) is 0 Å². The molecule has 7 nitrogen and oxygen atoms in total. The largest absolute Gasteiger partial charge is 0.478 e. The Morgan fingerprint density at radius 1 is 0.511 bits per heavy atom. The molecule has 2 amide bonds. The Kier molecular flexibility index (Phi) is 7.80. The summed E-state index contributed by atoms with van der Waals surface area (Å²) in [7, 11) is 0. The van der Waals surface area contributed by atoms with Crippen LogP contribution in [0.4, 0.5) is 0 Å². The maximum Gasteiger partial charge on any atom is 0.336 e. The number of aldehydes is 1. The average Bonchev–Trinajstić information content (AvgIpc) is 3.10. The molecule has 7 aromatic rings. The van der Waals surface area contributed by atoms with Gasteiger partial charge in [0.05, 0.1) is 5.56 Å². The lowest BCUT2D eigenvalue weighted by atomic mass is 9.84. The van der Waals surface area contributed by atoms with Gasteiger partial charge in [-0.15, -0.1) is 0 Å². The highest BCUT2D eigenvalue weighted by atomic mass is 16.4. The van der Waals surface area contributed by atoms with Crippen LogP contribution in [0.15, 0.2) is 109 Å². The number of hydrogen-bond donors (Lipinski definition) is 3. The van der Waals surface area contributed by atoms with Crippen LogP contribution in [-0.2, 0) is 12.8 Å². The normalized spacial score (nSPS) is 11.3. The van der Waals surface area contributed by atoms with Crippen molar-refractivity contribution >= 4 is 67.2 Å². The molecule has 0 saturated heterocycles. The van der Waals surface area contributed by atoms with E-state index in [2.05, 4.69) is 10.6 Å². The maximum absolute atomic E-state index is 13.6. The van der Waals surface area contributed by atoms with Crippen LogP contribution < -0.4 is 10.6 Å². The van der Waals surface area contributed by atoms with Gasteiger partial charge in [0.15, 0.2) is 6.29 Å². The van der Waals surface area contributed by atoms with Crippen molar-refractivity contribution in [3.63, 3.8) is 0 Å². The Labute approximate surface area is 270 Å². The number of benzene rings is 7. The van der Waals surface area contributed by atoms with Crippen molar-refractivity contribution in [2.75, 3.05) is 13.1 Å². The molecule has 7 heteroatoms. The second-order valence-corrected chi connectivity index (χ2v) is 11.6. The van der Waals surface area contributed by atoms with Crippen molar-refractivity contribution in [1.82, 2.24) is 10.6 Å². The van der Waals surface area contributed by atoms with Gasteiger partial charge in [0.1, 0.15) is 0 Å². The summed E-state index contributed by atoms with van der Waals surface area (Å²) in [6, 6.07) is 33.5. The van der Waals surface area contributed by atoms with Crippen LogP contribution in [-0.4, -0.2) is 42.3 Å². The highest BCUT2D eigenvalue weighted by Crippen LogP contribution is 2.43. The fraction of sp³-hybridized carbons (Fsp3) is 0.100. The second-order valence-electron chi connectivity index (χ2n) is 11.6. The highest BCUT2D eigenvalue weighted by Gasteiger charge is 2.24. The predicted molar refractivity (Wildman–Crippen MR) is 185 cm³/mol. The van der Waals surface area contributed by atoms with Crippen LogP contribution in [0.1, 0.15) is 52.6 Å². The van der Waals surface area contributed by atoms with Gasteiger partial charge in [-0.3, -0.25) is 14.4 Å². The number of nitrogens with one attached hydrogen (secondary N) is 2. The number of carboxylic acid groups (broad SMARTS) is 1. The summed E-state index contributed by atoms with van der Waals surface area (Å²) in [6.45, 7) is 0.819. The van der Waals surface area contributed by atoms with Crippen molar-refractivity contribution in [1.29, 1.82) is 0 Å². The zero-order chi connectivity index (χ0) is 32.5. The molecular weight excluding hydrogens is 588 g/mol. The van der Waals surface area contributed by atoms with E-state index in [0.29, 0.717) is 53.2 Å². The first-order valence-corrected chi connectivity index (χ1v) is 15.5. The zero-order valence-corrected chi connectivity index (χ0v) is 25.4. The van der Waals surface area contributed by atoms with Crippen molar-refractivity contribution in [3.05, 3.63) is 143 Å². The lowest BCUT2D eigenvalue weighted by Crippen LogP contribution is -2.26. The van der Waals surface area contributed by atoms with Crippen LogP contribution in [0.25, 0.3) is 43.1 Å². The zero-order valence-electron chi connectivity index (χ0n) is 25.4. The molecule has 3 N–H and O–H groups in total. The number of hydrogen-bond acceptors (Lipinski definition) is 4. The third kappa shape index (κ3) is 5.32. The molecule has 0 unspecified atom stereocenters. The first-order chi connectivity index (χ1) is 23.0. The van der Waals surface area contributed by atoms with Gasteiger partial charge in [-0.1, -0.05) is 91.0 Å². The first-order valence-electron chi connectivity index (χ1n) is 15.5. The molecule has 0 aliphatic carbocycles. The molecule has 7 rings (SSSR count). The Balaban J connectivity index is 1.35. The number of aromatic carboxylic acids is 1. The van der Waals surface area contributed by atoms with Crippen LogP contribution in [0.3, 0.4) is 0 Å². The molecule has 230 valence electrons. The summed E-state index contributed by atoms with van der Waals surface area (Å²) in [5.41, 5.74) is 3.26. The smallest absolute Gasteiger partial charge is 0.336 e. The van der Waals surface area contributed by atoms with Gasteiger partial charge in [-0.05, 0) is 74.5 Å². The van der Waals surface area contributed by atoms with E-state index in [9.17, 15) is 24.3 Å². The topological polar surface area (TPSA) is 113 Å². The van der Waals surface area contributed by atoms with Gasteiger partial charge in [-0.2, -0.15) is 0 Å². The molecule has 0 atom stereocenters. The molecule has 7 aromatic carbocycles. The lowest BCUT2D eigenvalue weighted by molar-refractivity contribution is 0.0698. The first kappa shape index (κ1) is 29.6. The third-order valence-electron chi connectivity index (χ3n) is 8.86. The number of carboxylic acids is 1. The number of fused-ring (bicyclic) bond motifs is 2. The molecule has 0 aliphatic heterocycles. The molecule has 0 fully saturated rings. The number of carbonyl (C=O) groups excluding carboxylic acids is 3. The molecule has 47 heavy (non-hydrogen) atoms. The number of amides is 2. The van der Waals surface area contributed by atoms with Crippen molar-refractivity contribution in [3.8, 4) is 0 Å². The van der Waals surface area contributed by atoms with E-state index in [1.165, 1.54) is 6.07 Å². The summed E-state index contributed by atoms with van der Waals surface area (Å²) >= 11 is 0. The van der Waals surface area contributed by atoms with Gasteiger partial charge in [0.25, 0.3) is 11.8 Å². The van der Waals surface area contributed by atoms with E-state index in [-0.39, 0.29) is 22.9 Å². The fourth-order valence-corrected chi connectivity index (χ4v) is 6.69. The van der Waals surface area contributed by atoms with E-state index in [1.54, 1.807) is 24.3 Å². The highest BCUT2D eigenvalue weighted by molar-refractivity contribution is 6.38. The molecule has 0 spiro atoms. The van der Waals surface area contributed by atoms with E-state index in [0.717, 1.165) is 44.3 Å². The van der Waals surface area contributed by atoms with Crippen LogP contribution in [0.2, 0.25) is 0 Å². The number of carbonyl (C=O) groups is 4. The van der Waals surface area contributed by atoms with E-state index in [4.69, 9.17) is 0 Å². The summed E-state index contributed by atoms with van der Waals surface area (Å²) in [5, 5.41) is 21.5. The summed E-state index contributed by atoms with van der Waals surface area (Å²) in [4.78, 5) is 52.0. The molecule has 0 saturated carbocycles. The minimum atomic E-state index is -1.14. The lowest BCUT2D eigenvalue weighted by Gasteiger charge is -2.19. The standard InChI is InChI=1S/C40H30N2O5/c43-23-26-11-12-27-29-14-17-32(39(45)42-22-20-25-9-5-2-6-10-25)37-33(40(46)47)18-15-30(36(29)37)28-13-16-31(34(26)35(27)28)38(44)41-21-19-24-7-3-1-4-8-24/h1-18,23H,19-22H2,(H,41,44)(H,42,45)(H,46,47). The Hall–Kier alpha value is -6.08. The third-order valence-corrected chi connectivity index (χ3v) is 8.86. The Morgan fingerprint density at radius 2 is 0.936 bits per heavy atom. The summed E-state index contributed by atoms with van der Waals surface area (Å²) in [5.74, 6) is -1.78. The summed E-state index contributed by atoms with van der Waals surface area (Å²) < 4.78 is 0. The maximum atomic E-state index is 13.6. The summed E-state index contributed by atoms with van der Waals surface area (Å²) in [6.07, 6.45) is 2.05. The minimum Gasteiger partial charge on any atom is -0.478 e. The second kappa shape index (κ2) is 12.4. The average molecular weight is 619 g/mol. The molecule has 0 aromatic heterocycles. The molecule has 0 radical (unpaired) electrons.